The lowest BCUT2D eigenvalue weighted by molar-refractivity contribution is 0.0992. The summed E-state index contributed by atoms with van der Waals surface area (Å²) in [5, 5.41) is 0.0252. The van der Waals surface area contributed by atoms with E-state index in [9.17, 15) is 9.18 Å². The highest BCUT2D eigenvalue weighted by molar-refractivity contribution is 6.30. The van der Waals surface area contributed by atoms with Crippen molar-refractivity contribution in [1.29, 1.82) is 0 Å². The van der Waals surface area contributed by atoms with Crippen molar-refractivity contribution in [2.45, 2.75) is 26.4 Å². The van der Waals surface area contributed by atoms with Crippen LogP contribution in [-0.4, -0.2) is 11.9 Å². The maximum atomic E-state index is 13.1. The monoisotopic (exact) mass is 306 g/mol. The first kappa shape index (κ1) is 15.5. The van der Waals surface area contributed by atoms with E-state index in [0.717, 1.165) is 0 Å². The van der Waals surface area contributed by atoms with Crippen molar-refractivity contribution < 1.29 is 13.9 Å². The predicted molar refractivity (Wildman–Crippen MR) is 81.7 cm³/mol. The van der Waals surface area contributed by atoms with Gasteiger partial charge in [-0.05, 0) is 43.7 Å². The fourth-order valence-corrected chi connectivity index (χ4v) is 2.16. The molecule has 4 heteroatoms. The third-order valence-electron chi connectivity index (χ3n) is 2.88. The largest absolute Gasteiger partial charge is 0.491 e. The minimum Gasteiger partial charge on any atom is -0.491 e. The molecule has 0 aliphatic heterocycles. The second-order valence-electron chi connectivity index (χ2n) is 5.04. The molecule has 0 amide bonds. The highest BCUT2D eigenvalue weighted by Gasteiger charge is 2.10. The lowest BCUT2D eigenvalue weighted by atomic mass is 10.0. The number of carbonyl (C=O) groups excluding carboxylic acids is 1. The van der Waals surface area contributed by atoms with Crippen molar-refractivity contribution in [2.24, 2.45) is 0 Å². The number of hydrogen-bond acceptors (Lipinski definition) is 2. The zero-order valence-electron chi connectivity index (χ0n) is 11.9. The van der Waals surface area contributed by atoms with Crippen LogP contribution in [0.2, 0.25) is 5.02 Å². The SMILES string of the molecule is CC(C)Oc1cccc(C(=O)Cc2ccc(F)c(Cl)c2)c1. The number of ether oxygens (including phenoxy) is 1. The van der Waals surface area contributed by atoms with Crippen LogP contribution < -0.4 is 4.74 Å². The Hall–Kier alpha value is -1.87. The zero-order chi connectivity index (χ0) is 15.4. The summed E-state index contributed by atoms with van der Waals surface area (Å²) in [6.45, 7) is 3.85. The molecule has 0 N–H and O–H groups in total. The molecule has 2 nitrogen and oxygen atoms in total. The molecule has 2 rings (SSSR count). The Morgan fingerprint density at radius 3 is 2.67 bits per heavy atom. The summed E-state index contributed by atoms with van der Waals surface area (Å²) >= 11 is 5.72. The van der Waals surface area contributed by atoms with Gasteiger partial charge in [0.15, 0.2) is 5.78 Å². The number of ketones is 1. The third kappa shape index (κ3) is 4.30. The Bertz CT molecular complexity index is 653. The second kappa shape index (κ2) is 6.72. The van der Waals surface area contributed by atoms with Crippen molar-refractivity contribution >= 4 is 17.4 Å². The molecular weight excluding hydrogens is 291 g/mol. The maximum absolute atomic E-state index is 13.1. The predicted octanol–water partition coefficient (Wildman–Crippen LogP) is 4.69. The molecule has 0 spiro atoms. The summed E-state index contributed by atoms with van der Waals surface area (Å²) in [7, 11) is 0. The van der Waals surface area contributed by atoms with Gasteiger partial charge in [0.25, 0.3) is 0 Å². The van der Waals surface area contributed by atoms with Gasteiger partial charge in [-0.3, -0.25) is 4.79 Å². The van der Waals surface area contributed by atoms with Crippen LogP contribution in [0.4, 0.5) is 4.39 Å². The lowest BCUT2D eigenvalue weighted by Gasteiger charge is -2.10. The Morgan fingerprint density at radius 1 is 1.24 bits per heavy atom. The van der Waals surface area contributed by atoms with Crippen LogP contribution >= 0.6 is 11.6 Å². The highest BCUT2D eigenvalue weighted by atomic mass is 35.5. The van der Waals surface area contributed by atoms with Crippen LogP contribution in [0.5, 0.6) is 5.75 Å². The summed E-state index contributed by atoms with van der Waals surface area (Å²) in [6, 6.07) is 11.3. The molecule has 2 aromatic rings. The van der Waals surface area contributed by atoms with E-state index in [4.69, 9.17) is 16.3 Å². The molecule has 0 saturated heterocycles. The second-order valence-corrected chi connectivity index (χ2v) is 5.45. The molecule has 0 bridgehead atoms. The van der Waals surface area contributed by atoms with E-state index >= 15 is 0 Å². The van der Waals surface area contributed by atoms with Crippen LogP contribution in [0.1, 0.15) is 29.8 Å². The van der Waals surface area contributed by atoms with E-state index < -0.39 is 5.82 Å². The molecule has 0 radical (unpaired) electrons. The van der Waals surface area contributed by atoms with Crippen molar-refractivity contribution in [2.75, 3.05) is 0 Å². The van der Waals surface area contributed by atoms with E-state index in [1.54, 1.807) is 24.3 Å². The van der Waals surface area contributed by atoms with Gasteiger partial charge >= 0.3 is 0 Å². The van der Waals surface area contributed by atoms with Gasteiger partial charge in [0, 0.05) is 12.0 Å². The fourth-order valence-electron chi connectivity index (χ4n) is 1.95. The lowest BCUT2D eigenvalue weighted by Crippen LogP contribution is -2.07. The van der Waals surface area contributed by atoms with Crippen LogP contribution in [-0.2, 0) is 6.42 Å². The van der Waals surface area contributed by atoms with Crippen molar-refractivity contribution in [1.82, 2.24) is 0 Å². The number of Topliss-reactive ketones (excluding diaryl/α,β-unsaturated/α-hetero) is 1. The number of hydrogen-bond donors (Lipinski definition) is 0. The maximum Gasteiger partial charge on any atom is 0.167 e. The topological polar surface area (TPSA) is 26.3 Å². The third-order valence-corrected chi connectivity index (χ3v) is 3.17. The van der Waals surface area contributed by atoms with Crippen molar-refractivity contribution in [3.63, 3.8) is 0 Å². The van der Waals surface area contributed by atoms with E-state index in [0.29, 0.717) is 16.9 Å². The average Bonchev–Trinajstić information content (AvgIpc) is 2.42. The van der Waals surface area contributed by atoms with E-state index in [1.807, 2.05) is 19.9 Å². The molecule has 0 aliphatic rings. The molecule has 0 aliphatic carbocycles. The fraction of sp³-hybridized carbons (Fsp3) is 0.235. The van der Waals surface area contributed by atoms with Gasteiger partial charge in [0.1, 0.15) is 11.6 Å². The minimum atomic E-state index is -0.486. The van der Waals surface area contributed by atoms with Gasteiger partial charge in [-0.1, -0.05) is 29.8 Å². The van der Waals surface area contributed by atoms with E-state index in [1.165, 1.54) is 12.1 Å². The number of benzene rings is 2. The minimum absolute atomic E-state index is 0.0252. The molecular formula is C17H16ClFO2. The van der Waals surface area contributed by atoms with Crippen molar-refractivity contribution in [3.05, 3.63) is 64.4 Å². The van der Waals surface area contributed by atoms with Crippen molar-refractivity contribution in [3.8, 4) is 5.75 Å². The average molecular weight is 307 g/mol. The summed E-state index contributed by atoms with van der Waals surface area (Å²) in [5.41, 5.74) is 1.25. The van der Waals surface area contributed by atoms with E-state index in [2.05, 4.69) is 0 Å². The summed E-state index contributed by atoms with van der Waals surface area (Å²) in [4.78, 5) is 12.3. The number of halogens is 2. The van der Waals surface area contributed by atoms with Gasteiger partial charge in [-0.15, -0.1) is 0 Å². The van der Waals surface area contributed by atoms with Gasteiger partial charge in [-0.25, -0.2) is 4.39 Å². The Kier molecular flexibility index (Phi) is 4.97. The normalized spacial score (nSPS) is 10.7. The smallest absolute Gasteiger partial charge is 0.167 e. The van der Waals surface area contributed by atoms with Gasteiger partial charge in [0.2, 0.25) is 0 Å². The molecule has 0 aromatic heterocycles. The molecule has 110 valence electrons. The Balaban J connectivity index is 2.14. The number of carbonyl (C=O) groups is 1. The quantitative estimate of drug-likeness (QED) is 0.749. The molecule has 0 saturated carbocycles. The van der Waals surface area contributed by atoms with Gasteiger partial charge in [0.05, 0.1) is 11.1 Å². The van der Waals surface area contributed by atoms with Crippen LogP contribution in [0.25, 0.3) is 0 Å². The molecule has 0 fully saturated rings. The van der Waals surface area contributed by atoms with Crippen LogP contribution in [0.3, 0.4) is 0 Å². The molecule has 21 heavy (non-hydrogen) atoms. The van der Waals surface area contributed by atoms with E-state index in [-0.39, 0.29) is 23.3 Å². The first-order chi connectivity index (χ1) is 9.95. The highest BCUT2D eigenvalue weighted by Crippen LogP contribution is 2.19. The van der Waals surface area contributed by atoms with Gasteiger partial charge in [-0.2, -0.15) is 0 Å². The standard InChI is InChI=1S/C17H16ClFO2/c1-11(2)21-14-5-3-4-13(10-14)17(20)9-12-6-7-16(19)15(18)8-12/h3-8,10-11H,9H2,1-2H3. The Morgan fingerprint density at radius 2 is 2.00 bits per heavy atom. The zero-order valence-corrected chi connectivity index (χ0v) is 12.7. The Labute approximate surface area is 128 Å². The summed E-state index contributed by atoms with van der Waals surface area (Å²) < 4.78 is 18.7. The molecule has 0 heterocycles. The summed E-state index contributed by atoms with van der Waals surface area (Å²) in [5.74, 6) is 0.111. The molecule has 2 aromatic carbocycles. The first-order valence-corrected chi connectivity index (χ1v) is 7.07. The van der Waals surface area contributed by atoms with Crippen LogP contribution in [0, 0.1) is 5.82 Å². The summed E-state index contributed by atoms with van der Waals surface area (Å²) in [6.07, 6.45) is 0.219. The first-order valence-electron chi connectivity index (χ1n) is 6.69. The van der Waals surface area contributed by atoms with Gasteiger partial charge < -0.3 is 4.74 Å². The van der Waals surface area contributed by atoms with Crippen LogP contribution in [0.15, 0.2) is 42.5 Å². The molecule has 0 atom stereocenters. The molecule has 0 unspecified atom stereocenters. The number of rotatable bonds is 5.